The summed E-state index contributed by atoms with van der Waals surface area (Å²) < 4.78 is 112. The van der Waals surface area contributed by atoms with E-state index in [0.717, 1.165) is 27.7 Å². The Kier molecular flexibility index (Phi) is 13.6. The Morgan fingerprint density at radius 2 is 0.737 bits per heavy atom. The summed E-state index contributed by atoms with van der Waals surface area (Å²) >= 11 is 0. The molecule has 24 heteroatoms. The smallest absolute Gasteiger partial charge is 0.264 e. The summed E-state index contributed by atoms with van der Waals surface area (Å²) in [5, 5.41) is 0.997. The molecular weight excluding hydrogens is 1060 g/mol. The van der Waals surface area contributed by atoms with Crippen molar-refractivity contribution in [1.29, 1.82) is 0 Å². The van der Waals surface area contributed by atoms with Crippen LogP contribution in [0, 0.1) is 0 Å². The molecule has 8 bridgehead atoms. The summed E-state index contributed by atoms with van der Waals surface area (Å²) in [5.74, 6) is -3.79. The van der Waals surface area contributed by atoms with Gasteiger partial charge in [-0.15, -0.1) is 0 Å². The lowest BCUT2D eigenvalue weighted by molar-refractivity contribution is -0.118. The van der Waals surface area contributed by atoms with E-state index in [-0.39, 0.29) is 19.6 Å². The summed E-state index contributed by atoms with van der Waals surface area (Å²) in [4.78, 5) is 62.3. The van der Waals surface area contributed by atoms with Crippen molar-refractivity contribution in [3.05, 3.63) is 207 Å². The number of H-pyrrole nitrogens is 3. The number of aliphatic imine (C=N–C) groups is 1. The van der Waals surface area contributed by atoms with E-state index in [1.165, 1.54) is 48.5 Å². The molecule has 9 rings (SSSR count). The summed E-state index contributed by atoms with van der Waals surface area (Å²) in [6, 6.07) is 34.3. The molecule has 76 heavy (non-hydrogen) atoms. The first-order chi connectivity index (χ1) is 35.9. The third-order valence-corrected chi connectivity index (χ3v) is 17.7. The van der Waals surface area contributed by atoms with Crippen LogP contribution in [-0.2, 0) is 59.3 Å². The lowest BCUT2D eigenvalue weighted by Gasteiger charge is -2.17. The molecular formula is C52H44N8O12S4. The van der Waals surface area contributed by atoms with Gasteiger partial charge in [-0.05, 0) is 119 Å². The van der Waals surface area contributed by atoms with Gasteiger partial charge in [0.2, 0.25) is 23.6 Å². The first-order valence-corrected chi connectivity index (χ1v) is 28.7. The number of fused-ring (bicyclic) bond motifs is 7. The van der Waals surface area contributed by atoms with E-state index in [1.807, 2.05) is 37.1 Å². The first-order valence-electron chi connectivity index (χ1n) is 22.8. The number of sulfonamides is 4. The minimum Gasteiger partial charge on any atom is -0.357 e. The molecule has 0 fully saturated rings. The maximum atomic E-state index is 13.1. The van der Waals surface area contributed by atoms with E-state index in [9.17, 15) is 52.8 Å². The van der Waals surface area contributed by atoms with Gasteiger partial charge in [-0.2, -0.15) is 0 Å². The van der Waals surface area contributed by atoms with Crippen LogP contribution in [0.15, 0.2) is 176 Å². The predicted octanol–water partition coefficient (Wildman–Crippen LogP) is 3.38. The van der Waals surface area contributed by atoms with E-state index in [0.29, 0.717) is 83.9 Å². The van der Waals surface area contributed by atoms with Crippen LogP contribution in [-0.4, -0.2) is 78.0 Å². The van der Waals surface area contributed by atoms with Crippen molar-refractivity contribution in [2.24, 2.45) is 4.99 Å². The second kappa shape index (κ2) is 19.9. The molecule has 2 aliphatic heterocycles. The minimum atomic E-state index is -4.23. The first kappa shape index (κ1) is 52.2. The highest BCUT2D eigenvalue weighted by molar-refractivity contribution is 7.91. The molecule has 5 heterocycles. The summed E-state index contributed by atoms with van der Waals surface area (Å²) in [6.07, 6.45) is 3.50. The van der Waals surface area contributed by atoms with Crippen molar-refractivity contribution in [2.75, 3.05) is 0 Å². The number of amides is 4. The Morgan fingerprint density at radius 1 is 0.395 bits per heavy atom. The van der Waals surface area contributed by atoms with Gasteiger partial charge in [0.15, 0.2) is 0 Å². The van der Waals surface area contributed by atoms with Crippen molar-refractivity contribution in [3.8, 4) is 0 Å². The third-order valence-electron chi connectivity index (χ3n) is 12.0. The Balaban J connectivity index is 1.33. The number of nitrogens with zero attached hydrogens (tertiary/aromatic N) is 1. The third kappa shape index (κ3) is 10.6. The van der Waals surface area contributed by atoms with Crippen LogP contribution < -0.4 is 29.6 Å². The molecule has 0 saturated heterocycles. The molecule has 0 aliphatic carbocycles. The molecule has 0 saturated carbocycles. The molecule has 388 valence electrons. The van der Waals surface area contributed by atoms with Crippen molar-refractivity contribution in [1.82, 2.24) is 33.8 Å². The van der Waals surface area contributed by atoms with Crippen molar-refractivity contribution in [2.45, 2.75) is 53.2 Å². The number of aromatic nitrogens is 3. The number of rotatable bonds is 12. The maximum Gasteiger partial charge on any atom is 0.264 e. The molecule has 1 atom stereocenters. The molecule has 0 radical (unpaired) electrons. The summed E-state index contributed by atoms with van der Waals surface area (Å²) in [7, 11) is -16.9. The molecule has 4 amide bonds. The van der Waals surface area contributed by atoms with Gasteiger partial charge in [-0.25, -0.2) is 57.6 Å². The van der Waals surface area contributed by atoms with Gasteiger partial charge >= 0.3 is 0 Å². The number of hydrogen-bond acceptors (Lipinski definition) is 13. The highest BCUT2D eigenvalue weighted by atomic mass is 32.2. The summed E-state index contributed by atoms with van der Waals surface area (Å²) in [5.41, 5.74) is 6.64. The molecule has 20 nitrogen and oxygen atoms in total. The summed E-state index contributed by atoms with van der Waals surface area (Å²) in [6.45, 7) is 4.33. The predicted molar refractivity (Wildman–Crippen MR) is 279 cm³/mol. The molecule has 3 aromatic heterocycles. The topological polar surface area (TPSA) is 313 Å². The fraction of sp³-hybridized carbons (Fsp3) is 0.0962. The minimum absolute atomic E-state index is 0.166. The molecule has 1 unspecified atom stereocenters. The fourth-order valence-corrected chi connectivity index (χ4v) is 12.8. The van der Waals surface area contributed by atoms with Crippen LogP contribution >= 0.6 is 0 Å². The average Bonchev–Trinajstić information content (AvgIpc) is 4.19. The quantitative estimate of drug-likeness (QED) is 0.0927. The Hall–Kier alpha value is -8.71. The second-order valence-corrected chi connectivity index (χ2v) is 24.2. The van der Waals surface area contributed by atoms with Gasteiger partial charge in [-0.3, -0.25) is 19.2 Å². The number of benzene rings is 4. The zero-order valence-corrected chi connectivity index (χ0v) is 43.7. The highest BCUT2D eigenvalue weighted by Gasteiger charge is 2.28. The van der Waals surface area contributed by atoms with E-state index in [4.69, 9.17) is 4.99 Å². The van der Waals surface area contributed by atoms with Crippen molar-refractivity contribution in [3.63, 3.8) is 0 Å². The zero-order valence-electron chi connectivity index (χ0n) is 40.4. The maximum absolute atomic E-state index is 13.1. The van der Waals surface area contributed by atoms with Crippen molar-refractivity contribution < 1.29 is 52.8 Å². The van der Waals surface area contributed by atoms with Gasteiger partial charge in [0.25, 0.3) is 40.1 Å². The number of carbonyl (C=O) groups is 4. The van der Waals surface area contributed by atoms with Crippen LogP contribution in [0.1, 0.15) is 78.6 Å². The van der Waals surface area contributed by atoms with Gasteiger partial charge < -0.3 is 15.0 Å². The standard InChI is InChI=1S/C52H44N8O12S4/c1-29(61)57-73(65,66)37-13-5-33(6-14-37)49-41-21-23-43(53-41)50(34-7-15-38(16-8-34)74(67,68)58-30(2)62)45-25-27-47(55-45)52(36-11-19-40(20-12-36)76(71,72)60-32(4)64)48-28-26-46(56-48)51(44-24-22-42(49)54-44)35-9-17-39(18-10-35)75(69,70)59-31(3)63/h5-28,49,53-55H,1-4H3,(H,57,61)(H,58,62)(H,59,63)(H,60,64). The Labute approximate surface area is 435 Å². The van der Waals surface area contributed by atoms with Gasteiger partial charge in [0.05, 0.1) is 36.9 Å². The van der Waals surface area contributed by atoms with E-state index in [1.54, 1.807) is 78.9 Å². The number of allylic oxidation sites excluding steroid dienone is 2. The van der Waals surface area contributed by atoms with E-state index < -0.39 is 69.6 Å². The van der Waals surface area contributed by atoms with Gasteiger partial charge in [-0.1, -0.05) is 48.5 Å². The Bertz CT molecular complexity index is 4270. The zero-order chi connectivity index (χ0) is 54.5. The monoisotopic (exact) mass is 1100 g/mol. The van der Waals surface area contributed by atoms with Crippen LogP contribution in [0.2, 0.25) is 0 Å². The molecule has 7 N–H and O–H groups in total. The SMILES string of the molecule is CC(=O)NS(=O)(=O)c1ccc(C2=C3C=CC(=N3)C(c3ccc(S(=O)(=O)NC(C)=O)cc3)=c3ccc([nH]3)=C(c3ccc(S(=O)(=O)NC(C)=O)cc3)c3ccc([nH]3)C(c3ccc(S(=O)(=O)NC(C)=O)cc3)c3ccc2[nH]3)cc1. The largest absolute Gasteiger partial charge is 0.357 e. The number of nitrogens with one attached hydrogen (secondary N) is 7. The highest BCUT2D eigenvalue weighted by Crippen LogP contribution is 2.38. The lowest BCUT2D eigenvalue weighted by Crippen LogP contribution is -2.28. The molecule has 7 aromatic rings. The molecule has 0 spiro atoms. The van der Waals surface area contributed by atoms with Crippen LogP contribution in [0.25, 0.3) is 16.7 Å². The second-order valence-electron chi connectivity index (χ2n) is 17.5. The van der Waals surface area contributed by atoms with E-state index in [2.05, 4.69) is 15.0 Å². The molecule has 4 aromatic carbocycles. The fourth-order valence-electron chi connectivity index (χ4n) is 8.88. The average molecular weight is 1100 g/mol. The Morgan fingerprint density at radius 3 is 1.13 bits per heavy atom. The van der Waals surface area contributed by atoms with Gasteiger partial charge in [0, 0.05) is 77.9 Å². The number of aromatic amines is 3. The molecule has 2 aliphatic rings. The van der Waals surface area contributed by atoms with Crippen LogP contribution in [0.5, 0.6) is 0 Å². The number of carbonyl (C=O) groups excluding carboxylic acids is 4. The van der Waals surface area contributed by atoms with Crippen LogP contribution in [0.4, 0.5) is 0 Å². The van der Waals surface area contributed by atoms with Gasteiger partial charge in [0.1, 0.15) is 0 Å². The lowest BCUT2D eigenvalue weighted by atomic mass is 9.93. The van der Waals surface area contributed by atoms with Crippen molar-refractivity contribution >= 4 is 86.2 Å². The normalized spacial score (nSPS) is 14.7. The van der Waals surface area contributed by atoms with E-state index >= 15 is 0 Å². The number of hydrogen-bond donors (Lipinski definition) is 7. The van der Waals surface area contributed by atoms with Crippen LogP contribution in [0.3, 0.4) is 0 Å².